The van der Waals surface area contributed by atoms with E-state index in [1.54, 1.807) is 14.0 Å². The van der Waals surface area contributed by atoms with Crippen LogP contribution >= 0.6 is 11.3 Å². The van der Waals surface area contributed by atoms with E-state index in [0.717, 1.165) is 23.5 Å². The molecule has 1 heterocycles. The average molecular weight is 284 g/mol. The number of carbonyl (C=O) groups excluding carboxylic acids is 1. The lowest BCUT2D eigenvalue weighted by atomic mass is 10.2. The van der Waals surface area contributed by atoms with Gasteiger partial charge in [0.2, 0.25) is 0 Å². The van der Waals surface area contributed by atoms with Crippen LogP contribution in [0.15, 0.2) is 0 Å². The SMILES string of the molecule is CCCc1nc(C)c(C(=O)N(C)CC(C)C(=O)O)s1. The number of carboxylic acid groups (broad SMARTS) is 1. The molecule has 0 saturated heterocycles. The van der Waals surface area contributed by atoms with E-state index in [1.165, 1.54) is 16.2 Å². The normalized spacial score (nSPS) is 12.2. The summed E-state index contributed by atoms with van der Waals surface area (Å²) in [5.41, 5.74) is 0.730. The molecule has 1 aromatic rings. The smallest absolute Gasteiger partial charge is 0.308 e. The Hall–Kier alpha value is -1.43. The highest BCUT2D eigenvalue weighted by Crippen LogP contribution is 2.21. The molecule has 1 unspecified atom stereocenters. The lowest BCUT2D eigenvalue weighted by molar-refractivity contribution is -0.141. The van der Waals surface area contributed by atoms with Crippen molar-refractivity contribution < 1.29 is 14.7 Å². The van der Waals surface area contributed by atoms with Crippen LogP contribution < -0.4 is 0 Å². The molecule has 1 amide bonds. The van der Waals surface area contributed by atoms with Crippen LogP contribution in [0.1, 0.15) is 40.6 Å². The fraction of sp³-hybridized carbons (Fsp3) is 0.615. The van der Waals surface area contributed by atoms with Gasteiger partial charge >= 0.3 is 5.97 Å². The van der Waals surface area contributed by atoms with Gasteiger partial charge in [0.05, 0.1) is 16.6 Å². The summed E-state index contributed by atoms with van der Waals surface area (Å²) in [6, 6.07) is 0. The first kappa shape index (κ1) is 15.6. The third-order valence-corrected chi connectivity index (χ3v) is 4.02. The minimum atomic E-state index is -0.896. The number of amides is 1. The fourth-order valence-electron chi connectivity index (χ4n) is 1.72. The van der Waals surface area contributed by atoms with Crippen LogP contribution in [-0.4, -0.2) is 40.5 Å². The van der Waals surface area contributed by atoms with E-state index in [1.807, 2.05) is 6.92 Å². The van der Waals surface area contributed by atoms with Crippen LogP contribution in [0.4, 0.5) is 0 Å². The first-order valence-electron chi connectivity index (χ1n) is 6.31. The third kappa shape index (κ3) is 4.02. The van der Waals surface area contributed by atoms with Crippen LogP contribution in [-0.2, 0) is 11.2 Å². The van der Waals surface area contributed by atoms with Gasteiger partial charge in [0.1, 0.15) is 4.88 Å². The summed E-state index contributed by atoms with van der Waals surface area (Å²) >= 11 is 1.41. The molecule has 1 atom stereocenters. The zero-order valence-electron chi connectivity index (χ0n) is 11.8. The maximum atomic E-state index is 12.2. The first-order valence-corrected chi connectivity index (χ1v) is 7.13. The van der Waals surface area contributed by atoms with Crippen molar-refractivity contribution in [2.24, 2.45) is 5.92 Å². The van der Waals surface area contributed by atoms with E-state index in [-0.39, 0.29) is 12.5 Å². The largest absolute Gasteiger partial charge is 0.481 e. The van der Waals surface area contributed by atoms with Gasteiger partial charge in [-0.15, -0.1) is 11.3 Å². The van der Waals surface area contributed by atoms with Gasteiger partial charge in [-0.3, -0.25) is 9.59 Å². The molecule has 1 N–H and O–H groups in total. The molecular formula is C13H20N2O3S. The van der Waals surface area contributed by atoms with Crippen molar-refractivity contribution in [3.05, 3.63) is 15.6 Å². The fourth-order valence-corrected chi connectivity index (χ4v) is 2.88. The Labute approximate surface area is 117 Å². The van der Waals surface area contributed by atoms with Gasteiger partial charge in [-0.1, -0.05) is 13.8 Å². The minimum Gasteiger partial charge on any atom is -0.481 e. The van der Waals surface area contributed by atoms with Crippen molar-refractivity contribution >= 4 is 23.2 Å². The third-order valence-electron chi connectivity index (χ3n) is 2.81. The van der Waals surface area contributed by atoms with Gasteiger partial charge in [0, 0.05) is 13.6 Å². The summed E-state index contributed by atoms with van der Waals surface area (Å²) in [4.78, 5) is 29.5. The van der Waals surface area contributed by atoms with Crippen LogP contribution in [0.2, 0.25) is 0 Å². The molecule has 19 heavy (non-hydrogen) atoms. The Balaban J connectivity index is 2.79. The number of thiazole rings is 1. The molecule has 0 aromatic carbocycles. The molecule has 106 valence electrons. The number of aliphatic carboxylic acids is 1. The van der Waals surface area contributed by atoms with E-state index in [2.05, 4.69) is 11.9 Å². The maximum absolute atomic E-state index is 12.2. The highest BCUT2D eigenvalue weighted by molar-refractivity contribution is 7.13. The number of rotatable bonds is 6. The Morgan fingerprint density at radius 1 is 1.47 bits per heavy atom. The zero-order chi connectivity index (χ0) is 14.6. The quantitative estimate of drug-likeness (QED) is 0.869. The van der Waals surface area contributed by atoms with E-state index >= 15 is 0 Å². The van der Waals surface area contributed by atoms with Gasteiger partial charge in [-0.05, 0) is 19.8 Å². The van der Waals surface area contributed by atoms with Gasteiger partial charge in [-0.25, -0.2) is 4.98 Å². The number of carboxylic acids is 1. The molecule has 0 bridgehead atoms. The Morgan fingerprint density at radius 3 is 2.63 bits per heavy atom. The highest BCUT2D eigenvalue weighted by atomic mass is 32.1. The molecule has 5 nitrogen and oxygen atoms in total. The molecule has 0 aliphatic carbocycles. The Kier molecular flexibility index (Phi) is 5.47. The molecular weight excluding hydrogens is 264 g/mol. The standard InChI is InChI=1S/C13H20N2O3S/c1-5-6-10-14-9(3)11(19-10)12(16)15(4)7-8(2)13(17)18/h8H,5-7H2,1-4H3,(H,17,18). The van der Waals surface area contributed by atoms with Crippen LogP contribution in [0.5, 0.6) is 0 Å². The van der Waals surface area contributed by atoms with Gasteiger partial charge in [0.25, 0.3) is 5.91 Å². The molecule has 0 fully saturated rings. The van der Waals surface area contributed by atoms with Crippen molar-refractivity contribution in [2.45, 2.75) is 33.6 Å². The zero-order valence-corrected chi connectivity index (χ0v) is 12.6. The second-order valence-corrected chi connectivity index (χ2v) is 5.78. The lowest BCUT2D eigenvalue weighted by Gasteiger charge is -2.18. The van der Waals surface area contributed by atoms with Crippen LogP contribution in [0, 0.1) is 12.8 Å². The van der Waals surface area contributed by atoms with E-state index < -0.39 is 11.9 Å². The topological polar surface area (TPSA) is 70.5 Å². The van der Waals surface area contributed by atoms with Crippen molar-refractivity contribution in [1.82, 2.24) is 9.88 Å². The van der Waals surface area contributed by atoms with Gasteiger partial charge in [-0.2, -0.15) is 0 Å². The number of nitrogens with zero attached hydrogens (tertiary/aromatic N) is 2. The lowest BCUT2D eigenvalue weighted by Crippen LogP contribution is -2.33. The van der Waals surface area contributed by atoms with Crippen molar-refractivity contribution in [2.75, 3.05) is 13.6 Å². The first-order chi connectivity index (χ1) is 8.86. The van der Waals surface area contributed by atoms with Crippen LogP contribution in [0.3, 0.4) is 0 Å². The Morgan fingerprint density at radius 2 is 2.11 bits per heavy atom. The molecule has 0 saturated carbocycles. The second kappa shape index (κ2) is 6.65. The summed E-state index contributed by atoms with van der Waals surface area (Å²) in [6.07, 6.45) is 1.86. The van der Waals surface area contributed by atoms with E-state index in [0.29, 0.717) is 4.88 Å². The van der Waals surface area contributed by atoms with Gasteiger partial charge in [0.15, 0.2) is 0 Å². The summed E-state index contributed by atoms with van der Waals surface area (Å²) < 4.78 is 0. The van der Waals surface area contributed by atoms with Crippen molar-refractivity contribution in [3.8, 4) is 0 Å². The molecule has 0 aliphatic heterocycles. The van der Waals surface area contributed by atoms with Crippen molar-refractivity contribution in [3.63, 3.8) is 0 Å². The Bertz CT molecular complexity index is 470. The van der Waals surface area contributed by atoms with Crippen LogP contribution in [0.25, 0.3) is 0 Å². The highest BCUT2D eigenvalue weighted by Gasteiger charge is 2.22. The summed E-state index contributed by atoms with van der Waals surface area (Å²) in [5.74, 6) is -1.62. The van der Waals surface area contributed by atoms with Gasteiger partial charge < -0.3 is 10.0 Å². The molecule has 6 heteroatoms. The van der Waals surface area contributed by atoms with Crippen molar-refractivity contribution in [1.29, 1.82) is 0 Å². The monoisotopic (exact) mass is 284 g/mol. The molecule has 1 rings (SSSR count). The maximum Gasteiger partial charge on any atom is 0.308 e. The number of aryl methyl sites for hydroxylation is 2. The van der Waals surface area contributed by atoms with E-state index in [4.69, 9.17) is 5.11 Å². The predicted octanol–water partition coefficient (Wildman–Crippen LogP) is 2.20. The van der Waals surface area contributed by atoms with E-state index in [9.17, 15) is 9.59 Å². The molecule has 0 aliphatic rings. The second-order valence-electron chi connectivity index (χ2n) is 4.70. The summed E-state index contributed by atoms with van der Waals surface area (Å²) in [5, 5.41) is 9.83. The number of carbonyl (C=O) groups is 2. The predicted molar refractivity (Wildman–Crippen MR) is 74.6 cm³/mol. The number of hydrogen-bond donors (Lipinski definition) is 1. The average Bonchev–Trinajstić information content (AvgIpc) is 2.69. The summed E-state index contributed by atoms with van der Waals surface area (Å²) in [6.45, 7) is 5.68. The molecule has 0 spiro atoms. The number of hydrogen-bond acceptors (Lipinski definition) is 4. The number of aromatic nitrogens is 1. The minimum absolute atomic E-state index is 0.148. The summed E-state index contributed by atoms with van der Waals surface area (Å²) in [7, 11) is 1.63. The molecule has 1 aromatic heterocycles. The molecule has 0 radical (unpaired) electrons.